The maximum atomic E-state index is 6.40. The molecule has 1 saturated heterocycles. The van der Waals surface area contributed by atoms with E-state index in [1.807, 2.05) is 29.8 Å². The van der Waals surface area contributed by atoms with Gasteiger partial charge in [0.1, 0.15) is 11.4 Å². The van der Waals surface area contributed by atoms with Gasteiger partial charge in [0.05, 0.1) is 19.2 Å². The molecule has 2 atom stereocenters. The number of para-hydroxylation sites is 1. The summed E-state index contributed by atoms with van der Waals surface area (Å²) in [6, 6.07) is 8.15. The van der Waals surface area contributed by atoms with Gasteiger partial charge in [-0.1, -0.05) is 29.4 Å². The van der Waals surface area contributed by atoms with Crippen molar-refractivity contribution in [2.24, 2.45) is 0 Å². The van der Waals surface area contributed by atoms with Crippen molar-refractivity contribution in [3.8, 4) is 5.75 Å². The third kappa shape index (κ3) is 3.11. The molecule has 1 unspecified atom stereocenters. The topological polar surface area (TPSA) is 65.3 Å². The van der Waals surface area contributed by atoms with Crippen molar-refractivity contribution in [1.29, 1.82) is 0 Å². The normalized spacial score (nSPS) is 23.4. The average molecular weight is 341 g/mol. The van der Waals surface area contributed by atoms with Crippen molar-refractivity contribution < 1.29 is 9.47 Å². The van der Waals surface area contributed by atoms with E-state index >= 15 is 0 Å². The highest BCUT2D eigenvalue weighted by Crippen LogP contribution is 2.36. The standard InChI is InChI=1S/C18H23N5O2/c1-14(24-2)12-23-17(19-20-21-23)22-11-5-9-18(13-22)10-8-15-6-3-4-7-16(15)25-18/h3-4,6-8,10,14H,5,9,11-13H2,1-2H3/t14-,18?/m1/s1. The summed E-state index contributed by atoms with van der Waals surface area (Å²) in [6.45, 7) is 4.29. The summed E-state index contributed by atoms with van der Waals surface area (Å²) in [5, 5.41) is 12.2. The molecule has 1 aromatic heterocycles. The highest BCUT2D eigenvalue weighted by molar-refractivity contribution is 5.61. The number of aromatic nitrogens is 4. The minimum absolute atomic E-state index is 0.0544. The molecule has 2 aliphatic rings. The third-order valence-corrected chi connectivity index (χ3v) is 4.91. The summed E-state index contributed by atoms with van der Waals surface area (Å²) in [4.78, 5) is 2.21. The largest absolute Gasteiger partial charge is 0.481 e. The van der Waals surface area contributed by atoms with E-state index in [1.54, 1.807) is 7.11 Å². The predicted octanol–water partition coefficient (Wildman–Crippen LogP) is 2.15. The van der Waals surface area contributed by atoms with Crippen molar-refractivity contribution in [1.82, 2.24) is 20.2 Å². The molecule has 132 valence electrons. The molecule has 25 heavy (non-hydrogen) atoms. The Morgan fingerprint density at radius 3 is 3.12 bits per heavy atom. The Hall–Kier alpha value is -2.41. The van der Waals surface area contributed by atoms with Crippen LogP contribution in [0, 0.1) is 0 Å². The zero-order valence-electron chi connectivity index (χ0n) is 14.6. The van der Waals surface area contributed by atoms with E-state index in [9.17, 15) is 0 Å². The Morgan fingerprint density at radius 2 is 2.24 bits per heavy atom. The Balaban J connectivity index is 1.56. The van der Waals surface area contributed by atoms with Crippen LogP contribution in [0.4, 0.5) is 5.95 Å². The summed E-state index contributed by atoms with van der Waals surface area (Å²) >= 11 is 0. The molecule has 0 saturated carbocycles. The predicted molar refractivity (Wildman–Crippen MR) is 94.6 cm³/mol. The minimum Gasteiger partial charge on any atom is -0.481 e. The van der Waals surface area contributed by atoms with E-state index in [1.165, 1.54) is 0 Å². The maximum absolute atomic E-state index is 6.40. The molecule has 4 rings (SSSR count). The first-order chi connectivity index (χ1) is 12.2. The summed E-state index contributed by atoms with van der Waals surface area (Å²) < 4.78 is 13.6. The van der Waals surface area contributed by atoms with Gasteiger partial charge in [0, 0.05) is 19.2 Å². The lowest BCUT2D eigenvalue weighted by atomic mass is 9.89. The molecule has 1 aromatic carbocycles. The van der Waals surface area contributed by atoms with Gasteiger partial charge < -0.3 is 14.4 Å². The van der Waals surface area contributed by atoms with Crippen LogP contribution >= 0.6 is 0 Å². The number of fused-ring (bicyclic) bond motifs is 1. The number of piperidine rings is 1. The molecule has 0 aliphatic carbocycles. The van der Waals surface area contributed by atoms with E-state index in [2.05, 4.69) is 38.6 Å². The lowest BCUT2D eigenvalue weighted by molar-refractivity contribution is 0.0935. The van der Waals surface area contributed by atoms with Gasteiger partial charge in [-0.05, 0) is 42.3 Å². The Labute approximate surface area is 147 Å². The highest BCUT2D eigenvalue weighted by Gasteiger charge is 2.39. The maximum Gasteiger partial charge on any atom is 0.245 e. The van der Waals surface area contributed by atoms with Crippen LogP contribution in [0.25, 0.3) is 6.08 Å². The molecule has 0 bridgehead atoms. The molecular formula is C18H23N5O2. The van der Waals surface area contributed by atoms with Crippen molar-refractivity contribution in [2.45, 2.75) is 38.0 Å². The Bertz CT molecular complexity index is 774. The van der Waals surface area contributed by atoms with Crippen molar-refractivity contribution in [2.75, 3.05) is 25.1 Å². The first kappa shape index (κ1) is 16.1. The number of rotatable bonds is 4. The molecule has 7 nitrogen and oxygen atoms in total. The van der Waals surface area contributed by atoms with E-state index in [4.69, 9.17) is 9.47 Å². The molecule has 0 amide bonds. The van der Waals surface area contributed by atoms with Gasteiger partial charge in [0.15, 0.2) is 0 Å². The van der Waals surface area contributed by atoms with Crippen LogP contribution < -0.4 is 9.64 Å². The number of methoxy groups -OCH3 is 1. The molecule has 0 N–H and O–H groups in total. The van der Waals surface area contributed by atoms with E-state index in [0.717, 1.165) is 43.2 Å². The zero-order valence-corrected chi connectivity index (χ0v) is 14.6. The number of tetrazole rings is 1. The highest BCUT2D eigenvalue weighted by atomic mass is 16.5. The summed E-state index contributed by atoms with van der Waals surface area (Å²) in [7, 11) is 1.70. The lowest BCUT2D eigenvalue weighted by Gasteiger charge is -2.42. The van der Waals surface area contributed by atoms with Crippen LogP contribution in [0.3, 0.4) is 0 Å². The molecule has 7 heteroatoms. The summed E-state index contributed by atoms with van der Waals surface area (Å²) in [5.41, 5.74) is 0.806. The monoisotopic (exact) mass is 341 g/mol. The number of hydrogen-bond acceptors (Lipinski definition) is 6. The molecule has 3 heterocycles. The van der Waals surface area contributed by atoms with Gasteiger partial charge in [-0.25, -0.2) is 4.68 Å². The van der Waals surface area contributed by atoms with Crippen LogP contribution in [0.2, 0.25) is 0 Å². The molecular weight excluding hydrogens is 318 g/mol. The van der Waals surface area contributed by atoms with Gasteiger partial charge in [-0.3, -0.25) is 0 Å². The van der Waals surface area contributed by atoms with Gasteiger partial charge in [-0.2, -0.15) is 0 Å². The van der Waals surface area contributed by atoms with E-state index < -0.39 is 0 Å². The van der Waals surface area contributed by atoms with Crippen LogP contribution in [0.1, 0.15) is 25.3 Å². The van der Waals surface area contributed by atoms with Crippen LogP contribution in [-0.2, 0) is 11.3 Å². The Kier molecular flexibility index (Phi) is 4.17. The quantitative estimate of drug-likeness (QED) is 0.849. The zero-order chi connectivity index (χ0) is 17.3. The smallest absolute Gasteiger partial charge is 0.245 e. The van der Waals surface area contributed by atoms with Gasteiger partial charge >= 0.3 is 0 Å². The van der Waals surface area contributed by atoms with Gasteiger partial charge in [-0.15, -0.1) is 0 Å². The average Bonchev–Trinajstić information content (AvgIpc) is 3.09. The second kappa shape index (κ2) is 6.48. The Morgan fingerprint density at radius 1 is 1.36 bits per heavy atom. The fourth-order valence-corrected chi connectivity index (χ4v) is 3.51. The summed E-state index contributed by atoms with van der Waals surface area (Å²) in [5.74, 6) is 1.72. The van der Waals surface area contributed by atoms with Gasteiger partial charge in [0.2, 0.25) is 5.95 Å². The van der Waals surface area contributed by atoms with Crippen molar-refractivity contribution in [3.05, 3.63) is 35.9 Å². The first-order valence-electron chi connectivity index (χ1n) is 8.70. The second-order valence-electron chi connectivity index (χ2n) is 6.77. The molecule has 1 spiro atoms. The van der Waals surface area contributed by atoms with Gasteiger partial charge in [0.25, 0.3) is 0 Å². The summed E-state index contributed by atoms with van der Waals surface area (Å²) in [6.07, 6.45) is 6.42. The molecule has 2 aromatic rings. The van der Waals surface area contributed by atoms with E-state index in [0.29, 0.717) is 6.54 Å². The van der Waals surface area contributed by atoms with E-state index in [-0.39, 0.29) is 11.7 Å². The number of hydrogen-bond donors (Lipinski definition) is 0. The fraction of sp³-hybridized carbons (Fsp3) is 0.500. The fourth-order valence-electron chi connectivity index (χ4n) is 3.51. The van der Waals surface area contributed by atoms with Crippen LogP contribution in [-0.4, -0.2) is 52.1 Å². The molecule has 0 radical (unpaired) electrons. The van der Waals surface area contributed by atoms with Crippen LogP contribution in [0.15, 0.2) is 30.3 Å². The minimum atomic E-state index is -0.323. The molecule has 1 fully saturated rings. The van der Waals surface area contributed by atoms with Crippen molar-refractivity contribution >= 4 is 12.0 Å². The molecule has 2 aliphatic heterocycles. The number of anilines is 1. The lowest BCUT2D eigenvalue weighted by Crippen LogP contribution is -2.52. The number of benzene rings is 1. The second-order valence-corrected chi connectivity index (χ2v) is 6.77. The number of ether oxygens (including phenoxy) is 2. The first-order valence-corrected chi connectivity index (χ1v) is 8.70. The number of nitrogens with zero attached hydrogens (tertiary/aromatic N) is 5. The SMILES string of the molecule is CO[C@H](C)Cn1nnnc1N1CCCC2(C=Cc3ccccc3O2)C1. The van der Waals surface area contributed by atoms with Crippen LogP contribution in [0.5, 0.6) is 5.75 Å². The van der Waals surface area contributed by atoms with Crippen molar-refractivity contribution in [3.63, 3.8) is 0 Å². The third-order valence-electron chi connectivity index (χ3n) is 4.91.